The Morgan fingerprint density at radius 3 is 2.59 bits per heavy atom. The number of aliphatic hydroxyl groups excluding tert-OH is 1. The fourth-order valence-electron chi connectivity index (χ4n) is 2.22. The van der Waals surface area contributed by atoms with Crippen molar-refractivity contribution < 1.29 is 27.0 Å². The molecule has 1 aliphatic rings. The first kappa shape index (κ1) is 17.0. The Labute approximate surface area is 127 Å². The van der Waals surface area contributed by atoms with E-state index in [1.165, 1.54) is 6.07 Å². The molecule has 122 valence electrons. The van der Waals surface area contributed by atoms with Gasteiger partial charge in [0.25, 0.3) is 0 Å². The zero-order valence-electron chi connectivity index (χ0n) is 11.9. The lowest BCUT2D eigenvalue weighted by atomic mass is 10.0. The minimum absolute atomic E-state index is 0.0610. The summed E-state index contributed by atoms with van der Waals surface area (Å²) >= 11 is 0. The van der Waals surface area contributed by atoms with E-state index in [0.29, 0.717) is 5.57 Å². The number of rotatable bonds is 5. The second-order valence-corrected chi connectivity index (χ2v) is 7.19. The van der Waals surface area contributed by atoms with Crippen molar-refractivity contribution in [3.05, 3.63) is 47.5 Å². The minimum atomic E-state index is -3.93. The van der Waals surface area contributed by atoms with E-state index in [4.69, 9.17) is 4.74 Å². The molecule has 8 heteroatoms. The van der Waals surface area contributed by atoms with Crippen LogP contribution < -0.4 is 4.72 Å². The predicted octanol–water partition coefficient (Wildman–Crippen LogP) is 1.26. The van der Waals surface area contributed by atoms with Gasteiger partial charge in [0.1, 0.15) is 5.25 Å². The molecule has 0 bridgehead atoms. The maximum atomic E-state index is 13.4. The SMILES string of the molecule is C=C(C)C(NS(=O)(=O)C1COCC1O)c1ccc(F)c(F)c1. The third kappa shape index (κ3) is 3.52. The summed E-state index contributed by atoms with van der Waals surface area (Å²) in [5.74, 6) is -2.10. The molecule has 2 N–H and O–H groups in total. The van der Waals surface area contributed by atoms with E-state index in [1.807, 2.05) is 0 Å². The molecular formula is C14H17F2NO4S. The van der Waals surface area contributed by atoms with Gasteiger partial charge in [-0.2, -0.15) is 0 Å². The molecule has 0 spiro atoms. The molecule has 1 aromatic rings. The van der Waals surface area contributed by atoms with Crippen molar-refractivity contribution in [1.29, 1.82) is 0 Å². The average Bonchev–Trinajstić information content (AvgIpc) is 2.86. The summed E-state index contributed by atoms with van der Waals surface area (Å²) < 4.78 is 58.3. The van der Waals surface area contributed by atoms with Crippen LogP contribution >= 0.6 is 0 Å². The van der Waals surface area contributed by atoms with E-state index < -0.39 is 39.1 Å². The summed E-state index contributed by atoms with van der Waals surface area (Å²) in [5.41, 5.74) is 0.631. The first-order valence-electron chi connectivity index (χ1n) is 6.59. The van der Waals surface area contributed by atoms with Gasteiger partial charge in [0.05, 0.1) is 25.4 Å². The van der Waals surface area contributed by atoms with Crippen LogP contribution in [0, 0.1) is 11.6 Å². The van der Waals surface area contributed by atoms with Gasteiger partial charge < -0.3 is 9.84 Å². The zero-order chi connectivity index (χ0) is 16.5. The van der Waals surface area contributed by atoms with Crippen LogP contribution in [0.2, 0.25) is 0 Å². The van der Waals surface area contributed by atoms with Crippen LogP contribution in [0.4, 0.5) is 8.78 Å². The van der Waals surface area contributed by atoms with Crippen LogP contribution in [0.15, 0.2) is 30.4 Å². The first-order valence-corrected chi connectivity index (χ1v) is 8.14. The summed E-state index contributed by atoms with van der Waals surface area (Å²) in [6, 6.07) is 2.19. The highest BCUT2D eigenvalue weighted by atomic mass is 32.2. The van der Waals surface area contributed by atoms with Gasteiger partial charge in [0.15, 0.2) is 11.6 Å². The number of halogens is 2. The molecule has 3 atom stereocenters. The molecule has 3 unspecified atom stereocenters. The number of benzene rings is 1. The van der Waals surface area contributed by atoms with Crippen molar-refractivity contribution in [2.75, 3.05) is 13.2 Å². The topological polar surface area (TPSA) is 75.6 Å². The number of sulfonamides is 1. The fourth-order valence-corrected chi connectivity index (χ4v) is 3.82. The van der Waals surface area contributed by atoms with Gasteiger partial charge in [-0.15, -0.1) is 0 Å². The number of nitrogens with one attached hydrogen (secondary N) is 1. The van der Waals surface area contributed by atoms with Crippen LogP contribution in [0.5, 0.6) is 0 Å². The van der Waals surface area contributed by atoms with Crippen LogP contribution in [0.25, 0.3) is 0 Å². The Balaban J connectivity index is 2.29. The van der Waals surface area contributed by atoms with Crippen LogP contribution in [-0.4, -0.2) is 38.1 Å². The van der Waals surface area contributed by atoms with Crippen molar-refractivity contribution >= 4 is 10.0 Å². The van der Waals surface area contributed by atoms with Crippen molar-refractivity contribution in [1.82, 2.24) is 4.72 Å². The summed E-state index contributed by atoms with van der Waals surface area (Å²) in [7, 11) is -3.93. The van der Waals surface area contributed by atoms with Crippen molar-refractivity contribution in [2.24, 2.45) is 0 Å². The normalized spacial score (nSPS) is 23.5. The third-order valence-corrected chi connectivity index (χ3v) is 5.26. The van der Waals surface area contributed by atoms with Gasteiger partial charge in [-0.3, -0.25) is 0 Å². The molecule has 0 aliphatic carbocycles. The predicted molar refractivity (Wildman–Crippen MR) is 76.6 cm³/mol. The number of hydrogen-bond donors (Lipinski definition) is 2. The van der Waals surface area contributed by atoms with E-state index in [-0.39, 0.29) is 18.8 Å². The lowest BCUT2D eigenvalue weighted by Crippen LogP contribution is -2.42. The lowest BCUT2D eigenvalue weighted by Gasteiger charge is -2.22. The van der Waals surface area contributed by atoms with E-state index in [9.17, 15) is 22.3 Å². The Morgan fingerprint density at radius 1 is 1.41 bits per heavy atom. The highest BCUT2D eigenvalue weighted by molar-refractivity contribution is 7.90. The van der Waals surface area contributed by atoms with Gasteiger partial charge in [-0.25, -0.2) is 21.9 Å². The van der Waals surface area contributed by atoms with Crippen LogP contribution in [0.1, 0.15) is 18.5 Å². The highest BCUT2D eigenvalue weighted by Gasteiger charge is 2.38. The quantitative estimate of drug-likeness (QED) is 0.796. The second kappa shape index (κ2) is 6.41. The van der Waals surface area contributed by atoms with E-state index in [2.05, 4.69) is 11.3 Å². The van der Waals surface area contributed by atoms with Gasteiger partial charge in [0.2, 0.25) is 10.0 Å². The second-order valence-electron chi connectivity index (χ2n) is 5.26. The van der Waals surface area contributed by atoms with Crippen LogP contribution in [-0.2, 0) is 14.8 Å². The summed E-state index contributed by atoms with van der Waals surface area (Å²) in [4.78, 5) is 0. The van der Waals surface area contributed by atoms with Crippen molar-refractivity contribution in [3.63, 3.8) is 0 Å². The van der Waals surface area contributed by atoms with Crippen LogP contribution in [0.3, 0.4) is 0 Å². The Bertz CT molecular complexity index is 677. The highest BCUT2D eigenvalue weighted by Crippen LogP contribution is 2.25. The van der Waals surface area contributed by atoms with E-state index in [1.54, 1.807) is 6.92 Å². The van der Waals surface area contributed by atoms with Gasteiger partial charge in [-0.05, 0) is 24.6 Å². The third-order valence-electron chi connectivity index (χ3n) is 3.45. The Hall–Kier alpha value is -1.35. The molecule has 1 heterocycles. The standard InChI is InChI=1S/C14H17F2NO4S/c1-8(2)14(9-3-4-10(15)11(16)5-9)17-22(19,20)13-7-21-6-12(13)18/h3-5,12-14,17-18H,1,6-7H2,2H3. The summed E-state index contributed by atoms with van der Waals surface area (Å²) in [5, 5.41) is 8.54. The maximum absolute atomic E-state index is 13.4. The van der Waals surface area contributed by atoms with Crippen molar-refractivity contribution in [3.8, 4) is 0 Å². The molecule has 1 saturated heterocycles. The fraction of sp³-hybridized carbons (Fsp3) is 0.429. The Morgan fingerprint density at radius 2 is 2.09 bits per heavy atom. The average molecular weight is 333 g/mol. The molecule has 0 aromatic heterocycles. The molecule has 0 saturated carbocycles. The largest absolute Gasteiger partial charge is 0.389 e. The smallest absolute Gasteiger partial charge is 0.220 e. The van der Waals surface area contributed by atoms with E-state index >= 15 is 0 Å². The first-order chi connectivity index (χ1) is 10.2. The molecular weight excluding hydrogens is 316 g/mol. The number of ether oxygens (including phenoxy) is 1. The molecule has 1 fully saturated rings. The number of hydrogen-bond acceptors (Lipinski definition) is 4. The molecule has 0 radical (unpaired) electrons. The molecule has 2 rings (SSSR count). The van der Waals surface area contributed by atoms with Gasteiger partial charge in [0, 0.05) is 0 Å². The zero-order valence-corrected chi connectivity index (χ0v) is 12.7. The molecule has 0 amide bonds. The molecule has 1 aliphatic heterocycles. The molecule has 1 aromatic carbocycles. The van der Waals surface area contributed by atoms with E-state index in [0.717, 1.165) is 12.1 Å². The van der Waals surface area contributed by atoms with Crippen molar-refractivity contribution in [2.45, 2.75) is 24.3 Å². The lowest BCUT2D eigenvalue weighted by molar-refractivity contribution is 0.127. The molecule has 5 nitrogen and oxygen atoms in total. The monoisotopic (exact) mass is 333 g/mol. The summed E-state index contributed by atoms with van der Waals surface area (Å²) in [6.45, 7) is 5.05. The van der Waals surface area contributed by atoms with Gasteiger partial charge >= 0.3 is 0 Å². The number of aliphatic hydroxyl groups is 1. The Kier molecular flexibility index (Phi) is 4.96. The summed E-state index contributed by atoms with van der Waals surface area (Å²) in [6.07, 6.45) is -1.13. The minimum Gasteiger partial charge on any atom is -0.389 e. The maximum Gasteiger partial charge on any atom is 0.220 e. The van der Waals surface area contributed by atoms with Gasteiger partial charge in [-0.1, -0.05) is 18.2 Å². The molecule has 22 heavy (non-hydrogen) atoms.